The summed E-state index contributed by atoms with van der Waals surface area (Å²) in [7, 11) is 0. The largest absolute Gasteiger partial charge is 0.457 e. The second-order valence-electron chi connectivity index (χ2n) is 4.25. The Hall–Kier alpha value is -2.70. The van der Waals surface area contributed by atoms with Crippen LogP contribution in [0.3, 0.4) is 0 Å². The average Bonchev–Trinajstić information content (AvgIpc) is 2.91. The van der Waals surface area contributed by atoms with Gasteiger partial charge in [0.2, 0.25) is 0 Å². The van der Waals surface area contributed by atoms with Gasteiger partial charge in [-0.1, -0.05) is 0 Å². The van der Waals surface area contributed by atoms with E-state index in [4.69, 9.17) is 4.74 Å². The molecule has 2 aromatic rings. The first-order chi connectivity index (χ1) is 9.56. The lowest BCUT2D eigenvalue weighted by atomic mass is 10.2. The Kier molecular flexibility index (Phi) is 4.09. The van der Waals surface area contributed by atoms with Crippen molar-refractivity contribution in [1.82, 2.24) is 9.78 Å². The molecule has 0 spiro atoms. The minimum atomic E-state index is -0.518. The maximum atomic E-state index is 11.8. The number of hydrogen-bond acceptors (Lipinski definition) is 5. The minimum absolute atomic E-state index is 0.0638. The number of esters is 1. The van der Waals surface area contributed by atoms with E-state index in [9.17, 15) is 14.9 Å². The molecule has 0 saturated carbocycles. The summed E-state index contributed by atoms with van der Waals surface area (Å²) >= 11 is 0. The fourth-order valence-electron chi connectivity index (χ4n) is 1.68. The van der Waals surface area contributed by atoms with Crippen LogP contribution in [0.2, 0.25) is 0 Å². The van der Waals surface area contributed by atoms with Crippen LogP contribution in [0.4, 0.5) is 5.69 Å². The topological polar surface area (TPSA) is 87.3 Å². The summed E-state index contributed by atoms with van der Waals surface area (Å²) < 4.78 is 6.90. The highest BCUT2D eigenvalue weighted by atomic mass is 16.6. The summed E-state index contributed by atoms with van der Waals surface area (Å²) in [5.41, 5.74) is 0.217. The van der Waals surface area contributed by atoms with E-state index in [1.54, 1.807) is 30.1 Å². The smallest absolute Gasteiger partial charge is 0.338 e. The van der Waals surface area contributed by atoms with Gasteiger partial charge in [0.25, 0.3) is 5.69 Å². The Morgan fingerprint density at radius 1 is 1.45 bits per heavy atom. The summed E-state index contributed by atoms with van der Waals surface area (Å²) in [5, 5.41) is 14.5. The molecule has 0 aliphatic carbocycles. The first-order valence-corrected chi connectivity index (χ1v) is 5.99. The molecule has 0 radical (unpaired) electrons. The number of nitro benzene ring substituents is 1. The predicted octanol–water partition coefficient (Wildman–Crippen LogP) is 2.04. The van der Waals surface area contributed by atoms with E-state index >= 15 is 0 Å². The van der Waals surface area contributed by atoms with Gasteiger partial charge < -0.3 is 4.74 Å². The number of carbonyl (C=O) groups excluding carboxylic acids is 1. The Morgan fingerprint density at radius 2 is 2.15 bits per heavy atom. The van der Waals surface area contributed by atoms with Crippen molar-refractivity contribution >= 4 is 11.7 Å². The predicted molar refractivity (Wildman–Crippen MR) is 70.2 cm³/mol. The van der Waals surface area contributed by atoms with Crippen LogP contribution >= 0.6 is 0 Å². The lowest BCUT2D eigenvalue weighted by molar-refractivity contribution is -0.384. The lowest BCUT2D eigenvalue weighted by Crippen LogP contribution is -2.21. The molecule has 0 fully saturated rings. The minimum Gasteiger partial charge on any atom is -0.457 e. The number of nitrogens with zero attached hydrogens (tertiary/aromatic N) is 3. The zero-order chi connectivity index (χ0) is 14.5. The van der Waals surface area contributed by atoms with Gasteiger partial charge >= 0.3 is 5.97 Å². The third kappa shape index (κ3) is 3.41. The van der Waals surface area contributed by atoms with E-state index in [1.165, 1.54) is 24.3 Å². The van der Waals surface area contributed by atoms with Crippen LogP contribution in [0.15, 0.2) is 42.7 Å². The normalized spacial score (nSPS) is 11.8. The van der Waals surface area contributed by atoms with Gasteiger partial charge in [0, 0.05) is 24.5 Å². The van der Waals surface area contributed by atoms with E-state index in [0.717, 1.165) is 0 Å². The monoisotopic (exact) mass is 275 g/mol. The zero-order valence-electron chi connectivity index (χ0n) is 10.8. The van der Waals surface area contributed by atoms with Crippen LogP contribution in [-0.2, 0) is 11.3 Å². The van der Waals surface area contributed by atoms with E-state index in [2.05, 4.69) is 5.10 Å². The lowest BCUT2D eigenvalue weighted by Gasteiger charge is -2.13. The van der Waals surface area contributed by atoms with Crippen LogP contribution in [0.5, 0.6) is 0 Å². The molecule has 20 heavy (non-hydrogen) atoms. The van der Waals surface area contributed by atoms with Crippen LogP contribution in [-0.4, -0.2) is 26.8 Å². The highest BCUT2D eigenvalue weighted by Gasteiger charge is 2.14. The average molecular weight is 275 g/mol. The number of carbonyl (C=O) groups is 1. The molecule has 0 N–H and O–H groups in total. The molecule has 0 bridgehead atoms. The maximum absolute atomic E-state index is 11.8. The molecule has 1 heterocycles. The first-order valence-electron chi connectivity index (χ1n) is 5.99. The molecule has 0 amide bonds. The van der Waals surface area contributed by atoms with Gasteiger partial charge in [-0.15, -0.1) is 0 Å². The molecular weight excluding hydrogens is 262 g/mol. The molecule has 1 aromatic carbocycles. The molecule has 0 unspecified atom stereocenters. The Bertz CT molecular complexity index is 593. The van der Waals surface area contributed by atoms with Crippen molar-refractivity contribution in [2.75, 3.05) is 0 Å². The summed E-state index contributed by atoms with van der Waals surface area (Å²) in [6.45, 7) is 2.21. The quantitative estimate of drug-likeness (QED) is 0.473. The van der Waals surface area contributed by atoms with Gasteiger partial charge in [0.1, 0.15) is 6.10 Å². The van der Waals surface area contributed by atoms with Crippen LogP contribution in [0.1, 0.15) is 17.3 Å². The van der Waals surface area contributed by atoms with Gasteiger partial charge in [0.15, 0.2) is 0 Å². The van der Waals surface area contributed by atoms with Gasteiger partial charge in [-0.25, -0.2) is 4.79 Å². The maximum Gasteiger partial charge on any atom is 0.338 e. The van der Waals surface area contributed by atoms with Gasteiger partial charge in [0.05, 0.1) is 17.0 Å². The molecule has 2 rings (SSSR count). The number of non-ortho nitro benzene ring substituents is 1. The number of ether oxygens (including phenoxy) is 1. The fourth-order valence-corrected chi connectivity index (χ4v) is 1.68. The SMILES string of the molecule is C[C@H](Cn1cccn1)OC(=O)c1ccc([N+](=O)[O-])cc1. The third-order valence-electron chi connectivity index (χ3n) is 2.63. The molecule has 1 aromatic heterocycles. The number of nitro groups is 1. The Labute approximate surface area is 114 Å². The molecular formula is C13H13N3O4. The van der Waals surface area contributed by atoms with Crippen LogP contribution in [0.25, 0.3) is 0 Å². The van der Waals surface area contributed by atoms with Gasteiger partial charge in [-0.3, -0.25) is 14.8 Å². The van der Waals surface area contributed by atoms with E-state index < -0.39 is 10.9 Å². The van der Waals surface area contributed by atoms with Crippen LogP contribution < -0.4 is 0 Å². The standard InChI is InChI=1S/C13H13N3O4/c1-10(9-15-8-2-7-14-15)20-13(17)11-3-5-12(6-4-11)16(18)19/h2-8,10H,9H2,1H3/t10-/m1/s1. The summed E-state index contributed by atoms with van der Waals surface area (Å²) in [6.07, 6.45) is 3.07. The number of aromatic nitrogens is 2. The number of rotatable bonds is 5. The fraction of sp³-hybridized carbons (Fsp3) is 0.231. The molecule has 7 heteroatoms. The molecule has 1 atom stereocenters. The van der Waals surface area contributed by atoms with Gasteiger partial charge in [-0.05, 0) is 25.1 Å². The number of hydrogen-bond donors (Lipinski definition) is 0. The highest BCUT2D eigenvalue weighted by Crippen LogP contribution is 2.13. The summed E-state index contributed by atoms with van der Waals surface area (Å²) in [4.78, 5) is 21.8. The Balaban J connectivity index is 1.95. The first kappa shape index (κ1) is 13.7. The van der Waals surface area contributed by atoms with E-state index in [1.807, 2.05) is 0 Å². The molecule has 104 valence electrons. The van der Waals surface area contributed by atoms with E-state index in [-0.39, 0.29) is 17.4 Å². The summed E-state index contributed by atoms with van der Waals surface area (Å²) in [6, 6.07) is 7.08. The Morgan fingerprint density at radius 3 is 2.70 bits per heavy atom. The third-order valence-corrected chi connectivity index (χ3v) is 2.63. The van der Waals surface area contributed by atoms with Crippen molar-refractivity contribution in [2.45, 2.75) is 19.6 Å². The zero-order valence-corrected chi connectivity index (χ0v) is 10.8. The van der Waals surface area contributed by atoms with Crippen molar-refractivity contribution in [2.24, 2.45) is 0 Å². The van der Waals surface area contributed by atoms with Crippen molar-refractivity contribution < 1.29 is 14.5 Å². The van der Waals surface area contributed by atoms with Crippen molar-refractivity contribution in [1.29, 1.82) is 0 Å². The van der Waals surface area contributed by atoms with Crippen LogP contribution in [0, 0.1) is 10.1 Å². The molecule has 0 saturated heterocycles. The highest BCUT2D eigenvalue weighted by molar-refractivity contribution is 5.89. The van der Waals surface area contributed by atoms with Crippen molar-refractivity contribution in [3.05, 3.63) is 58.4 Å². The van der Waals surface area contributed by atoms with Crippen molar-refractivity contribution in [3.8, 4) is 0 Å². The van der Waals surface area contributed by atoms with E-state index in [0.29, 0.717) is 6.54 Å². The molecule has 0 aliphatic rings. The summed E-state index contributed by atoms with van der Waals surface area (Å²) in [5.74, 6) is -0.514. The van der Waals surface area contributed by atoms with Gasteiger partial charge in [-0.2, -0.15) is 5.10 Å². The molecule has 0 aliphatic heterocycles. The second kappa shape index (κ2) is 5.96. The van der Waals surface area contributed by atoms with Crippen molar-refractivity contribution in [3.63, 3.8) is 0 Å². The molecule has 7 nitrogen and oxygen atoms in total. The second-order valence-corrected chi connectivity index (χ2v) is 4.25. The number of benzene rings is 1.